The number of nitrogens with two attached hydrogens (primary N) is 1. The van der Waals surface area contributed by atoms with Crippen molar-refractivity contribution in [3.63, 3.8) is 0 Å². The molecule has 0 heterocycles. The molecule has 0 spiro atoms. The SMILES string of the molecule is [2H]C([2H])([2H])C([2H])(O)CN. The van der Waals surface area contributed by atoms with Gasteiger partial charge in [-0.1, -0.05) is 0 Å². The summed E-state index contributed by atoms with van der Waals surface area (Å²) < 4.78 is 26.3. The molecule has 0 amide bonds. The molecule has 0 rings (SSSR count). The normalized spacial score (nSPS) is 35.6. The smallest absolute Gasteiger partial charge is 0.0634 e. The van der Waals surface area contributed by atoms with E-state index in [2.05, 4.69) is 0 Å². The Bertz CT molecular complexity index is 98.5. The van der Waals surface area contributed by atoms with Crippen LogP contribution in [-0.2, 0) is 0 Å². The highest BCUT2D eigenvalue weighted by Gasteiger charge is 1.81. The van der Waals surface area contributed by atoms with Gasteiger partial charge in [0.2, 0.25) is 0 Å². The molecule has 0 aromatic rings. The van der Waals surface area contributed by atoms with E-state index in [9.17, 15) is 0 Å². The van der Waals surface area contributed by atoms with Crippen LogP contribution in [0.5, 0.6) is 0 Å². The first-order valence-corrected chi connectivity index (χ1v) is 1.24. The number of hydrogen-bond acceptors (Lipinski definition) is 2. The van der Waals surface area contributed by atoms with E-state index in [-0.39, 0.29) is 0 Å². The second-order valence-electron chi connectivity index (χ2n) is 0.651. The fourth-order valence-corrected chi connectivity index (χ4v) is 0. The Morgan fingerprint density at radius 2 is 3.20 bits per heavy atom. The zero-order valence-electron chi connectivity index (χ0n) is 6.73. The first-order valence-electron chi connectivity index (χ1n) is 3.24. The fraction of sp³-hybridized carbons (Fsp3) is 1.00. The topological polar surface area (TPSA) is 46.2 Å². The molecule has 5 heavy (non-hydrogen) atoms. The molecular weight excluding hydrogens is 66.0 g/mol. The van der Waals surface area contributed by atoms with Crippen LogP contribution in [0.15, 0.2) is 0 Å². The predicted molar refractivity (Wildman–Crippen MR) is 20.7 cm³/mol. The van der Waals surface area contributed by atoms with Crippen LogP contribution in [0.3, 0.4) is 0 Å². The maximum Gasteiger partial charge on any atom is 0.0634 e. The quantitative estimate of drug-likeness (QED) is 0.437. The van der Waals surface area contributed by atoms with Crippen molar-refractivity contribution in [1.29, 1.82) is 0 Å². The van der Waals surface area contributed by atoms with E-state index in [1.165, 1.54) is 0 Å². The molecule has 0 aromatic heterocycles. The van der Waals surface area contributed by atoms with Crippen LogP contribution >= 0.6 is 0 Å². The Balaban J connectivity index is 4.14. The third-order valence-corrected chi connectivity index (χ3v) is 0.193. The monoisotopic (exact) mass is 79.1 g/mol. The lowest BCUT2D eigenvalue weighted by atomic mass is 10.4. The number of hydrogen-bond donors (Lipinski definition) is 2. The standard InChI is InChI=1S/C3H9NO/c1-3(5)2-4/h3,5H,2,4H2,1H3/i1D3,3D. The van der Waals surface area contributed by atoms with E-state index in [0.29, 0.717) is 0 Å². The van der Waals surface area contributed by atoms with Gasteiger partial charge in [-0.2, -0.15) is 0 Å². The molecule has 0 radical (unpaired) electrons. The molecule has 3 N–H and O–H groups in total. The van der Waals surface area contributed by atoms with Gasteiger partial charge in [-0.3, -0.25) is 0 Å². The van der Waals surface area contributed by atoms with Gasteiger partial charge in [0.05, 0.1) is 7.45 Å². The summed E-state index contributed by atoms with van der Waals surface area (Å²) in [6.07, 6.45) is -2.49. The summed E-state index contributed by atoms with van der Waals surface area (Å²) in [7, 11) is 0. The van der Waals surface area contributed by atoms with E-state index in [0.717, 1.165) is 0 Å². The Labute approximate surface area is 37.2 Å². The zero-order valence-corrected chi connectivity index (χ0v) is 2.73. The Morgan fingerprint density at radius 1 is 2.60 bits per heavy atom. The van der Waals surface area contributed by atoms with Crippen molar-refractivity contribution >= 4 is 0 Å². The summed E-state index contributed by atoms with van der Waals surface area (Å²) in [4.78, 5) is 0. The van der Waals surface area contributed by atoms with Gasteiger partial charge in [-0.05, 0) is 6.85 Å². The van der Waals surface area contributed by atoms with Gasteiger partial charge < -0.3 is 10.8 Å². The van der Waals surface area contributed by atoms with E-state index in [1.54, 1.807) is 0 Å². The predicted octanol–water partition coefficient (Wildman–Crippen LogP) is -0.674. The van der Waals surface area contributed by atoms with Crippen molar-refractivity contribution in [3.8, 4) is 0 Å². The highest BCUT2D eigenvalue weighted by atomic mass is 16.3. The largest absolute Gasteiger partial charge is 0.392 e. The van der Waals surface area contributed by atoms with Crippen molar-refractivity contribution in [2.45, 2.75) is 12.9 Å². The van der Waals surface area contributed by atoms with Crippen LogP contribution in [0.1, 0.15) is 12.3 Å². The van der Waals surface area contributed by atoms with Crippen molar-refractivity contribution in [2.75, 3.05) is 6.54 Å². The Kier molecular flexibility index (Phi) is 0.524. The maximum atomic E-state index is 8.64. The summed E-state index contributed by atoms with van der Waals surface area (Å²) >= 11 is 0. The molecule has 1 atom stereocenters. The molecule has 0 saturated heterocycles. The second kappa shape index (κ2) is 2.18. The molecule has 2 heteroatoms. The van der Waals surface area contributed by atoms with Gasteiger partial charge in [0.1, 0.15) is 0 Å². The average Bonchev–Trinajstić information content (AvgIpc) is 1.64. The number of aliphatic hydroxyl groups is 1. The molecule has 0 saturated carbocycles. The fourth-order valence-electron chi connectivity index (χ4n) is 0. The lowest BCUT2D eigenvalue weighted by Crippen LogP contribution is -2.14. The van der Waals surface area contributed by atoms with Gasteiger partial charge in [0.15, 0.2) is 0 Å². The molecule has 0 aliphatic heterocycles. The van der Waals surface area contributed by atoms with Gasteiger partial charge in [-0.25, -0.2) is 0 Å². The van der Waals surface area contributed by atoms with Crippen LogP contribution in [-0.4, -0.2) is 17.7 Å². The van der Waals surface area contributed by atoms with Gasteiger partial charge >= 0.3 is 0 Å². The first kappa shape index (κ1) is 1.21. The van der Waals surface area contributed by atoms with Crippen molar-refractivity contribution in [1.82, 2.24) is 0 Å². The van der Waals surface area contributed by atoms with Crippen LogP contribution in [0.25, 0.3) is 0 Å². The lowest BCUT2D eigenvalue weighted by molar-refractivity contribution is 0.203. The first-order chi connectivity index (χ1) is 3.81. The van der Waals surface area contributed by atoms with Gasteiger partial charge in [0.25, 0.3) is 0 Å². The van der Waals surface area contributed by atoms with E-state index in [4.69, 9.17) is 16.3 Å². The third kappa shape index (κ3) is 3.92. The zero-order chi connectivity index (χ0) is 7.71. The summed E-state index contributed by atoms with van der Waals surface area (Å²) in [6, 6.07) is 0. The minimum Gasteiger partial charge on any atom is -0.392 e. The molecule has 0 fully saturated rings. The summed E-state index contributed by atoms with van der Waals surface area (Å²) in [6.45, 7) is -3.29. The minimum atomic E-state index is -2.71. The average molecular weight is 79.1 g/mol. The van der Waals surface area contributed by atoms with E-state index < -0.39 is 19.5 Å². The highest BCUT2D eigenvalue weighted by molar-refractivity contribution is 4.40. The maximum absolute atomic E-state index is 8.64. The molecule has 0 aromatic carbocycles. The highest BCUT2D eigenvalue weighted by Crippen LogP contribution is 1.65. The molecule has 0 aliphatic rings. The van der Waals surface area contributed by atoms with Crippen molar-refractivity contribution < 1.29 is 10.6 Å². The summed E-state index contributed by atoms with van der Waals surface area (Å²) in [5, 5.41) is 8.64. The second-order valence-corrected chi connectivity index (χ2v) is 0.651. The van der Waals surface area contributed by atoms with E-state index >= 15 is 0 Å². The van der Waals surface area contributed by atoms with Crippen LogP contribution in [0.4, 0.5) is 0 Å². The van der Waals surface area contributed by atoms with Crippen LogP contribution < -0.4 is 5.73 Å². The van der Waals surface area contributed by atoms with Gasteiger partial charge in [-0.15, -0.1) is 0 Å². The molecule has 2 nitrogen and oxygen atoms in total. The molecule has 32 valence electrons. The van der Waals surface area contributed by atoms with Crippen LogP contribution in [0, 0.1) is 0 Å². The van der Waals surface area contributed by atoms with Crippen LogP contribution in [0.2, 0.25) is 0 Å². The molecular formula is C3H9NO. The van der Waals surface area contributed by atoms with Crippen molar-refractivity contribution in [3.05, 3.63) is 0 Å². The Morgan fingerprint density at radius 3 is 3.20 bits per heavy atom. The third-order valence-electron chi connectivity index (χ3n) is 0.193. The van der Waals surface area contributed by atoms with Gasteiger partial charge in [0, 0.05) is 10.7 Å². The summed E-state index contributed by atoms with van der Waals surface area (Å²) in [5.41, 5.74) is 4.79. The molecule has 0 aliphatic carbocycles. The summed E-state index contributed by atoms with van der Waals surface area (Å²) in [5.74, 6) is 0. The van der Waals surface area contributed by atoms with E-state index in [1.807, 2.05) is 0 Å². The minimum absolute atomic E-state index is 0.580. The molecule has 1 unspecified atom stereocenters. The lowest BCUT2D eigenvalue weighted by Gasteiger charge is -1.91. The number of rotatable bonds is 1. The Hall–Kier alpha value is -0.0800. The molecule has 0 bridgehead atoms. The van der Waals surface area contributed by atoms with Crippen molar-refractivity contribution in [2.24, 2.45) is 5.73 Å².